The summed E-state index contributed by atoms with van der Waals surface area (Å²) in [6.45, 7) is 6.50. The molecule has 84 valence electrons. The van der Waals surface area contributed by atoms with Crippen LogP contribution in [0.5, 0.6) is 0 Å². The van der Waals surface area contributed by atoms with E-state index in [1.807, 2.05) is 0 Å². The van der Waals surface area contributed by atoms with Crippen molar-refractivity contribution >= 4 is 0 Å². The van der Waals surface area contributed by atoms with Gasteiger partial charge < -0.3 is 5.73 Å². The summed E-state index contributed by atoms with van der Waals surface area (Å²) in [6.07, 6.45) is 4.90. The van der Waals surface area contributed by atoms with Gasteiger partial charge in [0.25, 0.3) is 0 Å². The second-order valence-corrected chi connectivity index (χ2v) is 4.46. The van der Waals surface area contributed by atoms with Gasteiger partial charge in [-0.1, -0.05) is 49.9 Å². The third-order valence-corrected chi connectivity index (χ3v) is 2.94. The first kappa shape index (κ1) is 12.3. The lowest BCUT2D eigenvalue weighted by Gasteiger charge is -2.15. The van der Waals surface area contributed by atoms with Crippen LogP contribution in [0.4, 0.5) is 0 Å². The van der Waals surface area contributed by atoms with Crippen LogP contribution in [0.3, 0.4) is 0 Å². The molecule has 0 bridgehead atoms. The first-order valence-corrected chi connectivity index (χ1v) is 5.98. The first-order valence-electron chi connectivity index (χ1n) is 5.98. The molecule has 1 aromatic carbocycles. The number of unbranched alkanes of at least 4 members (excludes halogenated alkanes) is 2. The minimum absolute atomic E-state index is 0.220. The Morgan fingerprint density at radius 2 is 1.93 bits per heavy atom. The van der Waals surface area contributed by atoms with Gasteiger partial charge in [0, 0.05) is 6.04 Å². The molecule has 1 aromatic rings. The standard InChI is InChI=1S/C14H23N/c1-4-5-6-7-14(15)13-9-8-11(2)10-12(13)3/h8-10,14H,4-7,15H2,1-3H3/t14-/m0/s1. The zero-order chi connectivity index (χ0) is 11.3. The molecule has 1 nitrogen and oxygen atoms in total. The zero-order valence-corrected chi connectivity index (χ0v) is 10.2. The summed E-state index contributed by atoms with van der Waals surface area (Å²) in [6, 6.07) is 6.77. The number of nitrogens with two attached hydrogens (primary N) is 1. The molecule has 0 amide bonds. The Morgan fingerprint density at radius 1 is 1.20 bits per heavy atom. The predicted octanol–water partition coefficient (Wildman–Crippen LogP) is 3.88. The van der Waals surface area contributed by atoms with E-state index in [1.165, 1.54) is 36.0 Å². The van der Waals surface area contributed by atoms with Gasteiger partial charge in [-0.3, -0.25) is 0 Å². The van der Waals surface area contributed by atoms with Gasteiger partial charge >= 0.3 is 0 Å². The summed E-state index contributed by atoms with van der Waals surface area (Å²) in [5.74, 6) is 0. The summed E-state index contributed by atoms with van der Waals surface area (Å²) in [7, 11) is 0. The summed E-state index contributed by atoms with van der Waals surface area (Å²) in [4.78, 5) is 0. The molecule has 0 aliphatic rings. The van der Waals surface area contributed by atoms with Gasteiger partial charge in [0.15, 0.2) is 0 Å². The first-order chi connectivity index (χ1) is 7.15. The smallest absolute Gasteiger partial charge is 0.0297 e. The average molecular weight is 205 g/mol. The highest BCUT2D eigenvalue weighted by molar-refractivity contribution is 5.32. The van der Waals surface area contributed by atoms with Crippen molar-refractivity contribution in [2.45, 2.75) is 52.5 Å². The molecule has 0 aliphatic heterocycles. The lowest BCUT2D eigenvalue weighted by Crippen LogP contribution is -2.11. The summed E-state index contributed by atoms with van der Waals surface area (Å²) in [5.41, 5.74) is 10.2. The molecule has 2 N–H and O–H groups in total. The molecule has 1 rings (SSSR count). The van der Waals surface area contributed by atoms with E-state index in [0.29, 0.717) is 0 Å². The summed E-state index contributed by atoms with van der Waals surface area (Å²) < 4.78 is 0. The minimum atomic E-state index is 0.220. The third-order valence-electron chi connectivity index (χ3n) is 2.94. The van der Waals surface area contributed by atoms with Gasteiger partial charge in [-0.2, -0.15) is 0 Å². The molecule has 1 heteroatoms. The average Bonchev–Trinajstić information content (AvgIpc) is 2.17. The fraction of sp³-hybridized carbons (Fsp3) is 0.571. The maximum atomic E-state index is 6.19. The molecule has 0 saturated heterocycles. The van der Waals surface area contributed by atoms with Crippen LogP contribution < -0.4 is 5.73 Å². The minimum Gasteiger partial charge on any atom is -0.324 e. The molecule has 1 atom stereocenters. The van der Waals surface area contributed by atoms with Crippen molar-refractivity contribution in [2.24, 2.45) is 5.73 Å². The monoisotopic (exact) mass is 205 g/mol. The predicted molar refractivity (Wildman–Crippen MR) is 67.0 cm³/mol. The summed E-state index contributed by atoms with van der Waals surface area (Å²) >= 11 is 0. The highest BCUT2D eigenvalue weighted by Gasteiger charge is 2.07. The Hall–Kier alpha value is -0.820. The molecule has 0 saturated carbocycles. The van der Waals surface area contributed by atoms with E-state index in [4.69, 9.17) is 5.73 Å². The SMILES string of the molecule is CCCCC[C@H](N)c1ccc(C)cc1C. The van der Waals surface area contributed by atoms with E-state index in [0.717, 1.165) is 6.42 Å². The molecule has 0 aliphatic carbocycles. The van der Waals surface area contributed by atoms with Gasteiger partial charge in [-0.05, 0) is 31.4 Å². The van der Waals surface area contributed by atoms with Crippen molar-refractivity contribution in [3.8, 4) is 0 Å². The molecule has 15 heavy (non-hydrogen) atoms. The van der Waals surface area contributed by atoms with Gasteiger partial charge in [-0.15, -0.1) is 0 Å². The number of aryl methyl sites for hydroxylation is 2. The fourth-order valence-corrected chi connectivity index (χ4v) is 2.01. The van der Waals surface area contributed by atoms with Crippen molar-refractivity contribution < 1.29 is 0 Å². The maximum absolute atomic E-state index is 6.19. The number of hydrogen-bond donors (Lipinski definition) is 1. The maximum Gasteiger partial charge on any atom is 0.0297 e. The number of rotatable bonds is 5. The Kier molecular flexibility index (Phi) is 4.83. The van der Waals surface area contributed by atoms with E-state index >= 15 is 0 Å². The summed E-state index contributed by atoms with van der Waals surface area (Å²) in [5, 5.41) is 0. The largest absolute Gasteiger partial charge is 0.324 e. The fourth-order valence-electron chi connectivity index (χ4n) is 2.01. The van der Waals surface area contributed by atoms with Crippen LogP contribution >= 0.6 is 0 Å². The van der Waals surface area contributed by atoms with E-state index in [9.17, 15) is 0 Å². The van der Waals surface area contributed by atoms with Gasteiger partial charge in [0.2, 0.25) is 0 Å². The number of benzene rings is 1. The molecular formula is C14H23N. The zero-order valence-electron chi connectivity index (χ0n) is 10.2. The van der Waals surface area contributed by atoms with Crippen molar-refractivity contribution in [1.82, 2.24) is 0 Å². The Balaban J connectivity index is 2.61. The quantitative estimate of drug-likeness (QED) is 0.725. The van der Waals surface area contributed by atoms with E-state index < -0.39 is 0 Å². The van der Waals surface area contributed by atoms with Crippen LogP contribution in [0.1, 0.15) is 55.3 Å². The van der Waals surface area contributed by atoms with Gasteiger partial charge in [0.05, 0.1) is 0 Å². The molecule has 0 aromatic heterocycles. The van der Waals surface area contributed by atoms with E-state index in [-0.39, 0.29) is 6.04 Å². The second-order valence-electron chi connectivity index (χ2n) is 4.46. The van der Waals surface area contributed by atoms with Crippen LogP contribution in [0.15, 0.2) is 18.2 Å². The highest BCUT2D eigenvalue weighted by atomic mass is 14.6. The van der Waals surface area contributed by atoms with Gasteiger partial charge in [0.1, 0.15) is 0 Å². The molecule has 0 radical (unpaired) electrons. The van der Waals surface area contributed by atoms with Crippen LogP contribution in [-0.4, -0.2) is 0 Å². The third kappa shape index (κ3) is 3.67. The van der Waals surface area contributed by atoms with E-state index in [1.54, 1.807) is 0 Å². The molecule has 0 unspecified atom stereocenters. The van der Waals surface area contributed by atoms with Crippen molar-refractivity contribution in [1.29, 1.82) is 0 Å². The molecule has 0 fully saturated rings. The topological polar surface area (TPSA) is 26.0 Å². The Labute approximate surface area is 93.7 Å². The van der Waals surface area contributed by atoms with Crippen LogP contribution in [-0.2, 0) is 0 Å². The Bertz CT molecular complexity index is 304. The van der Waals surface area contributed by atoms with Crippen molar-refractivity contribution in [3.63, 3.8) is 0 Å². The highest BCUT2D eigenvalue weighted by Crippen LogP contribution is 2.21. The van der Waals surface area contributed by atoms with Crippen LogP contribution in [0.25, 0.3) is 0 Å². The van der Waals surface area contributed by atoms with E-state index in [2.05, 4.69) is 39.0 Å². The molecule has 0 spiro atoms. The van der Waals surface area contributed by atoms with Crippen LogP contribution in [0, 0.1) is 13.8 Å². The van der Waals surface area contributed by atoms with Crippen LogP contribution in [0.2, 0.25) is 0 Å². The lowest BCUT2D eigenvalue weighted by atomic mass is 9.96. The van der Waals surface area contributed by atoms with Crippen molar-refractivity contribution in [3.05, 3.63) is 34.9 Å². The molecule has 0 heterocycles. The van der Waals surface area contributed by atoms with Crippen molar-refractivity contribution in [2.75, 3.05) is 0 Å². The lowest BCUT2D eigenvalue weighted by molar-refractivity contribution is 0.579. The second kappa shape index (κ2) is 5.92. The number of hydrogen-bond acceptors (Lipinski definition) is 1. The normalized spacial score (nSPS) is 12.8. The molecular weight excluding hydrogens is 182 g/mol. The van der Waals surface area contributed by atoms with Gasteiger partial charge in [-0.25, -0.2) is 0 Å². The Morgan fingerprint density at radius 3 is 2.53 bits per heavy atom.